The molecule has 2 N–H and O–H groups in total. The van der Waals surface area contributed by atoms with Crippen molar-refractivity contribution in [1.82, 2.24) is 5.32 Å². The fourth-order valence-electron chi connectivity index (χ4n) is 3.87. The van der Waals surface area contributed by atoms with Crippen LogP contribution in [0.4, 0.5) is 0 Å². The molecule has 1 heterocycles. The number of ether oxygens (including phenoxy) is 1. The minimum atomic E-state index is -4.02. The lowest BCUT2D eigenvalue weighted by molar-refractivity contribution is -0.147. The van der Waals surface area contributed by atoms with Crippen LogP contribution >= 0.6 is 0 Å². The maximum Gasteiger partial charge on any atom is 0.323 e. The lowest BCUT2D eigenvalue weighted by Gasteiger charge is -2.12. The summed E-state index contributed by atoms with van der Waals surface area (Å²) >= 11 is 0. The third-order valence-electron chi connectivity index (χ3n) is 5.44. The molecular formula is C22H27NO5S. The van der Waals surface area contributed by atoms with Crippen molar-refractivity contribution in [3.05, 3.63) is 65.7 Å². The number of carbonyl (C=O) groups excluding carboxylic acids is 1. The molecule has 1 saturated heterocycles. The summed E-state index contributed by atoms with van der Waals surface area (Å²) < 4.78 is 34.9. The molecule has 0 spiro atoms. The smallest absolute Gasteiger partial charge is 0.323 e. The Morgan fingerprint density at radius 2 is 1.79 bits per heavy atom. The first-order valence-electron chi connectivity index (χ1n) is 9.83. The second kappa shape index (κ2) is 9.52. The molecule has 4 rings (SSSR count). The van der Waals surface area contributed by atoms with Gasteiger partial charge in [0.15, 0.2) is 0 Å². The number of benzene rings is 2. The van der Waals surface area contributed by atoms with Crippen LogP contribution in [0.1, 0.15) is 36.8 Å². The summed E-state index contributed by atoms with van der Waals surface area (Å²) in [6.07, 6.45) is 4.74. The van der Waals surface area contributed by atoms with Crippen LogP contribution < -0.4 is 5.32 Å². The maximum atomic E-state index is 12.0. The van der Waals surface area contributed by atoms with E-state index in [1.807, 2.05) is 37.3 Å². The van der Waals surface area contributed by atoms with Gasteiger partial charge in [0.1, 0.15) is 12.6 Å². The van der Waals surface area contributed by atoms with Crippen LogP contribution in [-0.4, -0.2) is 31.0 Å². The van der Waals surface area contributed by atoms with E-state index in [0.717, 1.165) is 17.5 Å². The minimum Gasteiger partial charge on any atom is -0.460 e. The van der Waals surface area contributed by atoms with Crippen molar-refractivity contribution in [2.75, 3.05) is 0 Å². The molecule has 1 saturated carbocycles. The Hall–Kier alpha value is -2.22. The molecule has 0 bridgehead atoms. The SMILES string of the molecule is Cc1ccc(S(=O)(=O)O)cc1.O=C(OCc1ccccc1)C1CC2CCCC2N1. The van der Waals surface area contributed by atoms with Gasteiger partial charge in [0.2, 0.25) is 0 Å². The molecule has 2 aromatic carbocycles. The van der Waals surface area contributed by atoms with Gasteiger partial charge in [-0.05, 0) is 49.8 Å². The highest BCUT2D eigenvalue weighted by Gasteiger charge is 2.40. The predicted molar refractivity (Wildman–Crippen MR) is 110 cm³/mol. The number of fused-ring (bicyclic) bond motifs is 1. The van der Waals surface area contributed by atoms with E-state index in [2.05, 4.69) is 5.32 Å². The monoisotopic (exact) mass is 417 g/mol. The minimum absolute atomic E-state index is 0.0666. The van der Waals surface area contributed by atoms with Crippen LogP contribution in [-0.2, 0) is 26.3 Å². The molecule has 3 atom stereocenters. The number of aryl methyl sites for hydroxylation is 1. The Morgan fingerprint density at radius 3 is 2.41 bits per heavy atom. The van der Waals surface area contributed by atoms with E-state index in [9.17, 15) is 13.2 Å². The highest BCUT2D eigenvalue weighted by Crippen LogP contribution is 2.34. The molecule has 7 heteroatoms. The summed E-state index contributed by atoms with van der Waals surface area (Å²) in [5, 5.41) is 3.41. The van der Waals surface area contributed by atoms with E-state index in [1.54, 1.807) is 12.1 Å². The van der Waals surface area contributed by atoms with E-state index >= 15 is 0 Å². The third-order valence-corrected chi connectivity index (χ3v) is 6.31. The Kier molecular flexibility index (Phi) is 7.05. The van der Waals surface area contributed by atoms with Gasteiger partial charge in [0, 0.05) is 6.04 Å². The van der Waals surface area contributed by atoms with Gasteiger partial charge in [0.05, 0.1) is 4.90 Å². The van der Waals surface area contributed by atoms with E-state index in [0.29, 0.717) is 18.6 Å². The van der Waals surface area contributed by atoms with Crippen molar-refractivity contribution in [2.24, 2.45) is 5.92 Å². The molecule has 3 unspecified atom stereocenters. The summed E-state index contributed by atoms with van der Waals surface area (Å²) in [4.78, 5) is 11.9. The molecule has 6 nitrogen and oxygen atoms in total. The topological polar surface area (TPSA) is 92.7 Å². The molecule has 1 aliphatic carbocycles. The number of hydrogen-bond donors (Lipinski definition) is 2. The molecule has 2 fully saturated rings. The largest absolute Gasteiger partial charge is 0.460 e. The zero-order valence-corrected chi connectivity index (χ0v) is 17.3. The van der Waals surface area contributed by atoms with Gasteiger partial charge in [-0.15, -0.1) is 0 Å². The molecule has 0 aromatic heterocycles. The Labute approximate surface area is 172 Å². The number of carbonyl (C=O) groups is 1. The Morgan fingerprint density at radius 1 is 1.10 bits per heavy atom. The number of esters is 1. The highest BCUT2D eigenvalue weighted by atomic mass is 32.2. The van der Waals surface area contributed by atoms with E-state index < -0.39 is 10.1 Å². The predicted octanol–water partition coefficient (Wildman–Crippen LogP) is 3.50. The van der Waals surface area contributed by atoms with Crippen molar-refractivity contribution in [1.29, 1.82) is 0 Å². The van der Waals surface area contributed by atoms with Crippen molar-refractivity contribution in [3.8, 4) is 0 Å². The first-order chi connectivity index (χ1) is 13.8. The van der Waals surface area contributed by atoms with Gasteiger partial charge < -0.3 is 10.1 Å². The van der Waals surface area contributed by atoms with Gasteiger partial charge in [0.25, 0.3) is 10.1 Å². The molecule has 0 radical (unpaired) electrons. The number of hydrogen-bond acceptors (Lipinski definition) is 5. The molecular weight excluding hydrogens is 390 g/mol. The fourth-order valence-corrected chi connectivity index (χ4v) is 4.35. The van der Waals surface area contributed by atoms with Gasteiger partial charge in [-0.1, -0.05) is 54.4 Å². The zero-order valence-electron chi connectivity index (χ0n) is 16.5. The Bertz CT molecular complexity index is 900. The lowest BCUT2D eigenvalue weighted by atomic mass is 10.0. The van der Waals surface area contributed by atoms with Crippen molar-refractivity contribution in [2.45, 2.75) is 56.2 Å². The van der Waals surface area contributed by atoms with Crippen LogP contribution in [0.15, 0.2) is 59.5 Å². The summed E-state index contributed by atoms with van der Waals surface area (Å²) in [5.74, 6) is 0.604. The molecule has 156 valence electrons. The third kappa shape index (κ3) is 6.13. The van der Waals surface area contributed by atoms with E-state index in [-0.39, 0.29) is 16.9 Å². The highest BCUT2D eigenvalue weighted by molar-refractivity contribution is 7.85. The molecule has 0 amide bonds. The second-order valence-electron chi connectivity index (χ2n) is 7.63. The first kappa shape index (κ1) is 21.5. The lowest BCUT2D eigenvalue weighted by Crippen LogP contribution is -2.36. The van der Waals surface area contributed by atoms with Gasteiger partial charge in [-0.2, -0.15) is 8.42 Å². The normalized spacial score (nSPS) is 23.0. The summed E-state index contributed by atoms with van der Waals surface area (Å²) in [6, 6.07) is 16.3. The van der Waals surface area contributed by atoms with Crippen molar-refractivity contribution < 1.29 is 22.5 Å². The summed E-state index contributed by atoms with van der Waals surface area (Å²) in [6.45, 7) is 2.22. The van der Waals surface area contributed by atoms with Crippen LogP contribution in [0.2, 0.25) is 0 Å². The van der Waals surface area contributed by atoms with Crippen LogP contribution in [0.5, 0.6) is 0 Å². The molecule has 2 aliphatic rings. The van der Waals surface area contributed by atoms with Crippen LogP contribution in [0.3, 0.4) is 0 Å². The second-order valence-corrected chi connectivity index (χ2v) is 9.06. The quantitative estimate of drug-likeness (QED) is 0.584. The fraction of sp³-hybridized carbons (Fsp3) is 0.409. The maximum absolute atomic E-state index is 12.0. The first-order valence-corrected chi connectivity index (χ1v) is 11.3. The van der Waals surface area contributed by atoms with E-state index in [4.69, 9.17) is 9.29 Å². The van der Waals surface area contributed by atoms with Gasteiger partial charge in [-0.25, -0.2) is 0 Å². The zero-order chi connectivity index (χ0) is 20.9. The molecule has 1 aliphatic heterocycles. The summed E-state index contributed by atoms with van der Waals surface area (Å²) in [7, 11) is -4.02. The van der Waals surface area contributed by atoms with Crippen molar-refractivity contribution >= 4 is 16.1 Å². The summed E-state index contributed by atoms with van der Waals surface area (Å²) in [5.41, 5.74) is 2.00. The van der Waals surface area contributed by atoms with Gasteiger partial charge >= 0.3 is 5.97 Å². The Balaban J connectivity index is 0.000000188. The average molecular weight is 418 g/mol. The number of nitrogens with one attached hydrogen (secondary N) is 1. The average Bonchev–Trinajstić information content (AvgIpc) is 3.29. The van der Waals surface area contributed by atoms with Gasteiger partial charge in [-0.3, -0.25) is 9.35 Å². The van der Waals surface area contributed by atoms with E-state index in [1.165, 1.54) is 31.4 Å². The standard InChI is InChI=1S/C15H19NO2.C7H8O3S/c17-15(18-10-11-5-2-1-3-6-11)14-9-12-7-4-8-13(12)16-14;1-6-2-4-7(5-3-6)11(8,9)10/h1-3,5-6,12-14,16H,4,7-10H2;2-5H,1H3,(H,8,9,10). The van der Waals surface area contributed by atoms with Crippen molar-refractivity contribution in [3.63, 3.8) is 0 Å². The number of rotatable bonds is 4. The van der Waals surface area contributed by atoms with Crippen LogP contribution in [0, 0.1) is 12.8 Å². The molecule has 29 heavy (non-hydrogen) atoms. The van der Waals surface area contributed by atoms with Crippen LogP contribution in [0.25, 0.3) is 0 Å². The molecule has 2 aromatic rings.